The Balaban J connectivity index is 1.37. The van der Waals surface area contributed by atoms with Gasteiger partial charge in [-0.3, -0.25) is 14.4 Å². The first-order valence-corrected chi connectivity index (χ1v) is 9.98. The van der Waals surface area contributed by atoms with E-state index in [9.17, 15) is 14.4 Å². The molecule has 0 bridgehead atoms. The summed E-state index contributed by atoms with van der Waals surface area (Å²) in [7, 11) is 0. The molecule has 1 atom stereocenters. The van der Waals surface area contributed by atoms with E-state index >= 15 is 0 Å². The Kier molecular flexibility index (Phi) is 4.89. The van der Waals surface area contributed by atoms with Gasteiger partial charge in [0.1, 0.15) is 6.54 Å². The van der Waals surface area contributed by atoms with Gasteiger partial charge >= 0.3 is 0 Å². The standard InChI is InChI=1S/C21H27N3O3/c1-15-6-8-18(9-7-15)23-11-10-22(14-20(23)26)21(27)16-12-19(25)24(13-16)17-4-2-3-5-17/h6-9,16-17H,2-5,10-14H2,1H3. The summed E-state index contributed by atoms with van der Waals surface area (Å²) >= 11 is 0. The lowest BCUT2D eigenvalue weighted by Crippen LogP contribution is -2.54. The SMILES string of the molecule is Cc1ccc(N2CCN(C(=O)C3CC(=O)N(C4CCCC4)C3)CC2=O)cc1. The van der Waals surface area contributed by atoms with E-state index in [0.29, 0.717) is 32.1 Å². The maximum Gasteiger partial charge on any atom is 0.246 e. The summed E-state index contributed by atoms with van der Waals surface area (Å²) in [5.74, 6) is -0.294. The van der Waals surface area contributed by atoms with E-state index in [4.69, 9.17) is 0 Å². The van der Waals surface area contributed by atoms with Crippen molar-refractivity contribution in [2.75, 3.05) is 31.1 Å². The molecule has 3 fully saturated rings. The van der Waals surface area contributed by atoms with Crippen molar-refractivity contribution < 1.29 is 14.4 Å². The van der Waals surface area contributed by atoms with Crippen LogP contribution < -0.4 is 4.90 Å². The van der Waals surface area contributed by atoms with Gasteiger partial charge in [0.15, 0.2) is 0 Å². The Morgan fingerprint density at radius 1 is 1.00 bits per heavy atom. The predicted molar refractivity (Wildman–Crippen MR) is 102 cm³/mol. The highest BCUT2D eigenvalue weighted by atomic mass is 16.2. The van der Waals surface area contributed by atoms with E-state index in [0.717, 1.165) is 24.1 Å². The number of likely N-dealkylation sites (tertiary alicyclic amines) is 1. The fourth-order valence-corrected chi connectivity index (χ4v) is 4.58. The molecule has 0 aromatic heterocycles. The first-order chi connectivity index (χ1) is 13.0. The number of hydrogen-bond acceptors (Lipinski definition) is 3. The molecule has 1 aromatic carbocycles. The van der Waals surface area contributed by atoms with Crippen LogP contribution in [0.5, 0.6) is 0 Å². The van der Waals surface area contributed by atoms with E-state index in [1.165, 1.54) is 12.8 Å². The van der Waals surface area contributed by atoms with Crippen LogP contribution in [0, 0.1) is 12.8 Å². The fraction of sp³-hybridized carbons (Fsp3) is 0.571. The Morgan fingerprint density at radius 3 is 2.37 bits per heavy atom. The molecular formula is C21H27N3O3. The summed E-state index contributed by atoms with van der Waals surface area (Å²) < 4.78 is 0. The Bertz CT molecular complexity index is 740. The van der Waals surface area contributed by atoms with Crippen LogP contribution in [0.1, 0.15) is 37.7 Å². The van der Waals surface area contributed by atoms with Crippen molar-refractivity contribution >= 4 is 23.4 Å². The van der Waals surface area contributed by atoms with Gasteiger partial charge in [0.05, 0.1) is 5.92 Å². The zero-order valence-corrected chi connectivity index (χ0v) is 15.9. The first-order valence-electron chi connectivity index (χ1n) is 9.98. The molecule has 0 N–H and O–H groups in total. The minimum Gasteiger partial charge on any atom is -0.339 e. The number of amides is 3. The molecular weight excluding hydrogens is 342 g/mol. The molecule has 3 aliphatic rings. The monoisotopic (exact) mass is 369 g/mol. The quantitative estimate of drug-likeness (QED) is 0.818. The average molecular weight is 369 g/mol. The van der Waals surface area contributed by atoms with Crippen molar-refractivity contribution in [1.82, 2.24) is 9.80 Å². The van der Waals surface area contributed by atoms with E-state index in [1.807, 2.05) is 36.1 Å². The highest BCUT2D eigenvalue weighted by Gasteiger charge is 2.41. The zero-order chi connectivity index (χ0) is 19.0. The number of carbonyl (C=O) groups excluding carboxylic acids is 3. The van der Waals surface area contributed by atoms with Crippen LogP contribution in [-0.2, 0) is 14.4 Å². The molecule has 0 radical (unpaired) electrons. The number of benzene rings is 1. The molecule has 1 aliphatic carbocycles. The van der Waals surface area contributed by atoms with Gasteiger partial charge in [-0.15, -0.1) is 0 Å². The number of piperazine rings is 1. The highest BCUT2D eigenvalue weighted by molar-refractivity contribution is 5.99. The van der Waals surface area contributed by atoms with Crippen LogP contribution in [0.3, 0.4) is 0 Å². The van der Waals surface area contributed by atoms with Gasteiger partial charge in [0.25, 0.3) is 0 Å². The summed E-state index contributed by atoms with van der Waals surface area (Å²) in [5.41, 5.74) is 2.03. The molecule has 3 amide bonds. The Labute approximate surface area is 160 Å². The van der Waals surface area contributed by atoms with Crippen LogP contribution in [-0.4, -0.2) is 59.7 Å². The summed E-state index contributed by atoms with van der Waals surface area (Å²) in [6.45, 7) is 3.66. The summed E-state index contributed by atoms with van der Waals surface area (Å²) in [4.78, 5) is 43.2. The molecule has 0 spiro atoms. The van der Waals surface area contributed by atoms with Gasteiger partial charge in [-0.2, -0.15) is 0 Å². The largest absolute Gasteiger partial charge is 0.339 e. The van der Waals surface area contributed by atoms with Crippen molar-refractivity contribution in [3.63, 3.8) is 0 Å². The summed E-state index contributed by atoms with van der Waals surface area (Å²) in [6, 6.07) is 8.18. The second-order valence-corrected chi connectivity index (χ2v) is 8.03. The van der Waals surface area contributed by atoms with Gasteiger partial charge in [0, 0.05) is 37.8 Å². The molecule has 6 nitrogen and oxygen atoms in total. The van der Waals surface area contributed by atoms with Gasteiger partial charge < -0.3 is 14.7 Å². The number of rotatable bonds is 3. The van der Waals surface area contributed by atoms with E-state index in [1.54, 1.807) is 9.80 Å². The van der Waals surface area contributed by atoms with Crippen LogP contribution in [0.4, 0.5) is 5.69 Å². The van der Waals surface area contributed by atoms with Crippen LogP contribution in [0.15, 0.2) is 24.3 Å². The fourth-order valence-electron chi connectivity index (χ4n) is 4.58. The molecule has 1 saturated carbocycles. The highest BCUT2D eigenvalue weighted by Crippen LogP contribution is 2.30. The van der Waals surface area contributed by atoms with Crippen molar-refractivity contribution in [2.24, 2.45) is 5.92 Å². The second kappa shape index (κ2) is 7.33. The molecule has 1 aromatic rings. The second-order valence-electron chi connectivity index (χ2n) is 8.03. The van der Waals surface area contributed by atoms with Crippen LogP contribution in [0.2, 0.25) is 0 Å². The normalized spacial score (nSPS) is 24.2. The topological polar surface area (TPSA) is 60.9 Å². The van der Waals surface area contributed by atoms with Crippen molar-refractivity contribution in [3.8, 4) is 0 Å². The minimum absolute atomic E-state index is 0.0410. The average Bonchev–Trinajstić information content (AvgIpc) is 3.31. The van der Waals surface area contributed by atoms with Gasteiger partial charge in [-0.25, -0.2) is 0 Å². The third-order valence-corrected chi connectivity index (χ3v) is 6.15. The van der Waals surface area contributed by atoms with Crippen molar-refractivity contribution in [2.45, 2.75) is 45.1 Å². The lowest BCUT2D eigenvalue weighted by atomic mass is 10.1. The van der Waals surface area contributed by atoms with Crippen LogP contribution >= 0.6 is 0 Å². The molecule has 144 valence electrons. The minimum atomic E-state index is -0.295. The number of anilines is 1. The van der Waals surface area contributed by atoms with Gasteiger partial charge in [-0.05, 0) is 31.9 Å². The number of carbonyl (C=O) groups is 3. The molecule has 4 rings (SSSR count). The lowest BCUT2D eigenvalue weighted by molar-refractivity contribution is -0.140. The molecule has 27 heavy (non-hydrogen) atoms. The van der Waals surface area contributed by atoms with E-state index in [2.05, 4.69) is 0 Å². The molecule has 2 aliphatic heterocycles. The molecule has 2 heterocycles. The molecule has 2 saturated heterocycles. The molecule has 6 heteroatoms. The maximum absolute atomic E-state index is 12.9. The van der Waals surface area contributed by atoms with Gasteiger partial charge in [-0.1, -0.05) is 30.5 Å². The summed E-state index contributed by atoms with van der Waals surface area (Å²) in [5, 5.41) is 0. The van der Waals surface area contributed by atoms with Crippen molar-refractivity contribution in [1.29, 1.82) is 0 Å². The number of hydrogen-bond donors (Lipinski definition) is 0. The maximum atomic E-state index is 12.9. The summed E-state index contributed by atoms with van der Waals surface area (Å²) in [6.07, 6.45) is 4.74. The zero-order valence-electron chi connectivity index (χ0n) is 15.9. The predicted octanol–water partition coefficient (Wildman–Crippen LogP) is 1.96. The number of nitrogens with zero attached hydrogens (tertiary/aromatic N) is 3. The smallest absolute Gasteiger partial charge is 0.246 e. The van der Waals surface area contributed by atoms with E-state index in [-0.39, 0.29) is 30.2 Å². The van der Waals surface area contributed by atoms with Crippen molar-refractivity contribution in [3.05, 3.63) is 29.8 Å². The Morgan fingerprint density at radius 2 is 1.70 bits per heavy atom. The third-order valence-electron chi connectivity index (χ3n) is 6.15. The van der Waals surface area contributed by atoms with Gasteiger partial charge in [0.2, 0.25) is 17.7 Å². The first kappa shape index (κ1) is 18.0. The third kappa shape index (κ3) is 3.57. The molecule has 1 unspecified atom stereocenters. The number of aryl methyl sites for hydroxylation is 1. The lowest BCUT2D eigenvalue weighted by Gasteiger charge is -2.35. The Hall–Kier alpha value is -2.37. The van der Waals surface area contributed by atoms with E-state index < -0.39 is 0 Å². The van der Waals surface area contributed by atoms with Crippen LogP contribution in [0.25, 0.3) is 0 Å².